The van der Waals surface area contributed by atoms with Gasteiger partial charge in [0.25, 0.3) is 0 Å². The van der Waals surface area contributed by atoms with Gasteiger partial charge in [-0.2, -0.15) is 0 Å². The number of hydrogen-bond acceptors (Lipinski definition) is 5. The third kappa shape index (κ3) is 5.95. The van der Waals surface area contributed by atoms with Crippen molar-refractivity contribution in [1.82, 2.24) is 10.6 Å². The van der Waals surface area contributed by atoms with Crippen LogP contribution in [0.5, 0.6) is 0 Å². The van der Waals surface area contributed by atoms with E-state index >= 15 is 0 Å². The number of carbonyl (C=O) groups is 1. The zero-order chi connectivity index (χ0) is 16.9. The Kier molecular flexibility index (Phi) is 6.25. The molecule has 1 amide bonds. The second kappa shape index (κ2) is 7.51. The lowest BCUT2D eigenvalue weighted by molar-refractivity contribution is 0.0492. The van der Waals surface area contributed by atoms with Crippen molar-refractivity contribution in [3.05, 3.63) is 23.0 Å². The average molecular weight is 313 g/mol. The van der Waals surface area contributed by atoms with Crippen LogP contribution in [0.25, 0.3) is 0 Å². The lowest BCUT2D eigenvalue weighted by Gasteiger charge is -2.22. The summed E-state index contributed by atoms with van der Waals surface area (Å²) in [6.07, 6.45) is -0.0893. The number of ether oxygens (including phenoxy) is 1. The van der Waals surface area contributed by atoms with E-state index < -0.39 is 17.8 Å². The predicted molar refractivity (Wildman–Crippen MR) is 82.7 cm³/mol. The number of rotatable bonds is 7. The molecule has 124 valence electrons. The zero-order valence-electron chi connectivity index (χ0n) is 13.4. The summed E-state index contributed by atoms with van der Waals surface area (Å²) in [6.45, 7) is 7.31. The average Bonchev–Trinajstić information content (AvgIpc) is 2.36. The predicted octanol–water partition coefficient (Wildman–Crippen LogP) is 1.66. The molecule has 0 bridgehead atoms. The van der Waals surface area contributed by atoms with Crippen molar-refractivity contribution in [2.45, 2.75) is 39.4 Å². The largest absolute Gasteiger partial charge is 0.444 e. The van der Waals surface area contributed by atoms with Crippen LogP contribution in [0.1, 0.15) is 27.7 Å². The van der Waals surface area contributed by atoms with E-state index in [1.54, 1.807) is 27.7 Å². The van der Waals surface area contributed by atoms with Gasteiger partial charge in [-0.25, -0.2) is 9.18 Å². The molecule has 0 aromatic carbocycles. The van der Waals surface area contributed by atoms with Crippen molar-refractivity contribution in [2.24, 2.45) is 0 Å². The van der Waals surface area contributed by atoms with Crippen LogP contribution < -0.4 is 10.6 Å². The summed E-state index contributed by atoms with van der Waals surface area (Å²) in [5.74, 6) is -0.338. The highest BCUT2D eigenvalue weighted by molar-refractivity contribution is 6.02. The second-order valence-corrected chi connectivity index (χ2v) is 6.18. The van der Waals surface area contributed by atoms with Crippen molar-refractivity contribution >= 4 is 11.8 Å². The third-order valence-corrected chi connectivity index (χ3v) is 2.85. The minimum Gasteiger partial charge on any atom is -0.444 e. The summed E-state index contributed by atoms with van der Waals surface area (Å²) in [5, 5.41) is 22.6. The molecule has 0 saturated heterocycles. The molecule has 0 heterocycles. The fourth-order valence-corrected chi connectivity index (χ4v) is 1.82. The molecule has 0 radical (unpaired) electrons. The number of aliphatic hydroxyl groups is 1. The molecular formula is C15H24FN3O3. The van der Waals surface area contributed by atoms with E-state index in [4.69, 9.17) is 10.1 Å². The quantitative estimate of drug-likeness (QED) is 0.538. The molecule has 0 fully saturated rings. The zero-order valence-corrected chi connectivity index (χ0v) is 13.4. The Morgan fingerprint density at radius 2 is 2.09 bits per heavy atom. The van der Waals surface area contributed by atoms with Gasteiger partial charge in [0.2, 0.25) is 0 Å². The molecular weight excluding hydrogens is 289 g/mol. The Labute approximate surface area is 129 Å². The molecule has 1 rings (SSSR count). The van der Waals surface area contributed by atoms with Gasteiger partial charge >= 0.3 is 6.09 Å². The molecule has 1 aliphatic carbocycles. The molecule has 0 saturated carbocycles. The van der Waals surface area contributed by atoms with Gasteiger partial charge in [0.15, 0.2) is 0 Å². The maximum absolute atomic E-state index is 13.3. The molecule has 0 spiro atoms. The Morgan fingerprint density at radius 3 is 2.59 bits per heavy atom. The van der Waals surface area contributed by atoms with Crippen molar-refractivity contribution in [3.63, 3.8) is 0 Å². The summed E-state index contributed by atoms with van der Waals surface area (Å²) in [4.78, 5) is 11.4. The van der Waals surface area contributed by atoms with Crippen LogP contribution in [0.2, 0.25) is 0 Å². The highest BCUT2D eigenvalue weighted by Crippen LogP contribution is 2.28. The van der Waals surface area contributed by atoms with E-state index in [0.29, 0.717) is 16.9 Å². The lowest BCUT2D eigenvalue weighted by Crippen LogP contribution is -2.41. The minimum absolute atomic E-state index is 0.0374. The van der Waals surface area contributed by atoms with Crippen molar-refractivity contribution in [1.29, 1.82) is 5.41 Å². The molecule has 4 N–H and O–H groups in total. The maximum Gasteiger partial charge on any atom is 0.407 e. The van der Waals surface area contributed by atoms with E-state index in [0.717, 1.165) is 0 Å². The number of hydrogen-bond donors (Lipinski definition) is 4. The highest BCUT2D eigenvalue weighted by Gasteiger charge is 2.21. The summed E-state index contributed by atoms with van der Waals surface area (Å²) in [6, 6.07) is 0. The van der Waals surface area contributed by atoms with Gasteiger partial charge in [0.1, 0.15) is 11.4 Å². The maximum atomic E-state index is 13.3. The van der Waals surface area contributed by atoms with Crippen LogP contribution in [0.4, 0.5) is 9.18 Å². The van der Waals surface area contributed by atoms with Gasteiger partial charge in [-0.05, 0) is 33.8 Å². The van der Waals surface area contributed by atoms with E-state index in [9.17, 15) is 14.3 Å². The van der Waals surface area contributed by atoms with Gasteiger partial charge < -0.3 is 25.9 Å². The number of allylic oxidation sites excluding steroid dienone is 2. The van der Waals surface area contributed by atoms with Crippen LogP contribution >= 0.6 is 0 Å². The van der Waals surface area contributed by atoms with Gasteiger partial charge in [-0.1, -0.05) is 0 Å². The first-order valence-corrected chi connectivity index (χ1v) is 7.12. The standard InChI is InChI=1S/C15H24FN3O3/c1-9(17)11-5-13(16)12(11)8-18-6-10(20)7-19-14(21)22-15(2,3)4/h5,10,17-18,20H,6-8H2,1-4H3,(H,19,21)/t10-/m0/s1. The fraction of sp³-hybridized carbons (Fsp3) is 0.600. The normalized spacial score (nSPS) is 15.8. The monoisotopic (exact) mass is 313 g/mol. The second-order valence-electron chi connectivity index (χ2n) is 6.18. The number of alkyl carbamates (subject to hydrolysis) is 1. The number of nitrogens with one attached hydrogen (secondary N) is 3. The number of carbonyl (C=O) groups excluding carboxylic acids is 1. The minimum atomic E-state index is -0.815. The van der Waals surface area contributed by atoms with Gasteiger partial charge in [0, 0.05) is 36.5 Å². The molecule has 1 aliphatic rings. The van der Waals surface area contributed by atoms with E-state index in [-0.39, 0.29) is 25.5 Å². The van der Waals surface area contributed by atoms with Crippen LogP contribution in [-0.2, 0) is 4.74 Å². The molecule has 0 aromatic heterocycles. The van der Waals surface area contributed by atoms with Crippen LogP contribution in [0.3, 0.4) is 0 Å². The highest BCUT2D eigenvalue weighted by atomic mass is 19.1. The summed E-state index contributed by atoms with van der Waals surface area (Å²) < 4.78 is 18.3. The first-order valence-electron chi connectivity index (χ1n) is 7.12. The Morgan fingerprint density at radius 1 is 1.45 bits per heavy atom. The Balaban J connectivity index is 2.22. The third-order valence-electron chi connectivity index (χ3n) is 2.85. The molecule has 0 aliphatic heterocycles. The van der Waals surface area contributed by atoms with Crippen molar-refractivity contribution in [3.8, 4) is 0 Å². The molecule has 0 aromatic rings. The van der Waals surface area contributed by atoms with Crippen molar-refractivity contribution in [2.75, 3.05) is 19.6 Å². The van der Waals surface area contributed by atoms with Crippen LogP contribution in [0, 0.1) is 5.41 Å². The number of halogens is 1. The Bertz CT molecular complexity index is 507. The smallest absolute Gasteiger partial charge is 0.407 e. The van der Waals surface area contributed by atoms with Gasteiger partial charge in [-0.3, -0.25) is 0 Å². The van der Waals surface area contributed by atoms with Crippen molar-refractivity contribution < 1.29 is 19.0 Å². The summed E-state index contributed by atoms with van der Waals surface area (Å²) in [7, 11) is 0. The summed E-state index contributed by atoms with van der Waals surface area (Å²) >= 11 is 0. The van der Waals surface area contributed by atoms with E-state index in [1.165, 1.54) is 6.08 Å². The van der Waals surface area contributed by atoms with Crippen LogP contribution in [-0.4, -0.2) is 48.3 Å². The summed E-state index contributed by atoms with van der Waals surface area (Å²) in [5.41, 5.74) is 0.756. The number of amides is 1. The first-order chi connectivity index (χ1) is 10.1. The van der Waals surface area contributed by atoms with E-state index in [1.807, 2.05) is 0 Å². The Hall–Kier alpha value is -1.73. The number of aliphatic hydroxyl groups excluding tert-OH is 1. The molecule has 22 heavy (non-hydrogen) atoms. The van der Waals surface area contributed by atoms with E-state index in [2.05, 4.69) is 10.6 Å². The molecule has 1 atom stereocenters. The first kappa shape index (κ1) is 18.3. The fourth-order valence-electron chi connectivity index (χ4n) is 1.82. The molecule has 6 nitrogen and oxygen atoms in total. The molecule has 7 heteroatoms. The molecule has 0 unspecified atom stereocenters. The van der Waals surface area contributed by atoms with Gasteiger partial charge in [0.05, 0.1) is 6.10 Å². The van der Waals surface area contributed by atoms with Gasteiger partial charge in [-0.15, -0.1) is 0 Å². The topological polar surface area (TPSA) is 94.4 Å². The lowest BCUT2D eigenvalue weighted by atomic mass is 9.92. The van der Waals surface area contributed by atoms with Crippen LogP contribution in [0.15, 0.2) is 23.0 Å². The SMILES string of the molecule is CC(=N)C1=CC(F)=C1CNC[C@H](O)CNC(=O)OC(C)(C)C.